The van der Waals surface area contributed by atoms with E-state index in [1.165, 1.54) is 30.6 Å². The van der Waals surface area contributed by atoms with Gasteiger partial charge in [-0.25, -0.2) is 24.1 Å². The van der Waals surface area contributed by atoms with Crippen molar-refractivity contribution in [3.63, 3.8) is 0 Å². The smallest absolute Gasteiger partial charge is 0.343 e. The Morgan fingerprint density at radius 3 is 1.19 bits per heavy atom. The summed E-state index contributed by atoms with van der Waals surface area (Å²) >= 11 is 3.57. The minimum Gasteiger partial charge on any atom is -0.504 e. The topological polar surface area (TPSA) is 259 Å². The molecule has 6 heterocycles. The summed E-state index contributed by atoms with van der Waals surface area (Å²) in [4.78, 5) is 80.0. The van der Waals surface area contributed by atoms with Crippen LogP contribution in [0, 0.1) is 30.9 Å². The largest absolute Gasteiger partial charge is 0.504 e. The Hall–Kier alpha value is -8.94. The third-order valence-electron chi connectivity index (χ3n) is 15.3. The molecule has 0 unspecified atom stereocenters. The average Bonchev–Trinajstić information content (AvgIpc) is 1.76. The molecule has 0 aliphatic carbocycles. The molecule has 3 aliphatic heterocycles. The SMILES string of the molecule is CCOC(=O)c1cn2c(cc1=O)-c1cc(Br)c(OCCCOC)cc1OC[C@H]2C(C)C.[C-]#[N+]c1cc2c(cc1OCCCOC)OC[C@@H](C(C)C)n1cc(C(=O)O)c(=O)cc1-2.[C-]#[N+]c1cc2c(cc1OCCCOC)OC[C@@H](C(C)C)n1cc(C(=O)O)c(=O)cc1-2. The fraction of sp³-hybridized carbons (Fsp3) is 0.433. The molecule has 484 valence electrons. The maximum Gasteiger partial charge on any atom is 0.343 e. The van der Waals surface area contributed by atoms with Gasteiger partial charge in [0.1, 0.15) is 71.0 Å². The summed E-state index contributed by atoms with van der Waals surface area (Å²) in [5.74, 6) is 0.356. The van der Waals surface area contributed by atoms with Crippen LogP contribution in [-0.4, -0.2) is 129 Å². The van der Waals surface area contributed by atoms with Crippen LogP contribution in [0.4, 0.5) is 11.4 Å². The van der Waals surface area contributed by atoms with Crippen LogP contribution >= 0.6 is 15.9 Å². The number of halogens is 1. The summed E-state index contributed by atoms with van der Waals surface area (Å²) in [6, 6.07) is 14.0. The third-order valence-corrected chi connectivity index (χ3v) is 15.9. The lowest BCUT2D eigenvalue weighted by molar-refractivity contribution is 0.0522. The fourth-order valence-electron chi connectivity index (χ4n) is 10.4. The average molecular weight is 1320 g/mol. The molecule has 3 aromatic carbocycles. The highest BCUT2D eigenvalue weighted by atomic mass is 79.9. The number of benzene rings is 3. The third kappa shape index (κ3) is 16.5. The number of carboxylic acids is 2. The number of esters is 1. The second kappa shape index (κ2) is 32.2. The van der Waals surface area contributed by atoms with Crippen molar-refractivity contribution in [2.75, 3.05) is 87.4 Å². The Bertz CT molecular complexity index is 3730. The molecule has 9 rings (SSSR count). The Kier molecular flexibility index (Phi) is 24.6. The molecule has 3 atom stereocenters. The molecule has 23 nitrogen and oxygen atoms in total. The van der Waals surface area contributed by atoms with Gasteiger partial charge in [-0.15, -0.1) is 0 Å². The standard InChI is InChI=1S/C23H28BrNO6.2C22H24N2O6/c1-5-29-23(27)16-12-25-18(10-20(16)26)15-9-17(24)22(30-8-6-7-28-4)11-21(15)31-13-19(25)14(2)3;2*1-13(2)18-12-30-20-10-21(29-7-5-6-28-4)16(23-3)8-14(20)17-9-19(25)15(22(26)27)11-24(17)18/h9-12,14,19H,5-8,13H2,1-4H3;2*8-11,13,18H,5-7,12H2,1-2,4H3,(H,26,27)/t19-;2*18-/m000/s1. The molecular weight excluding hydrogens is 1240 g/mol. The fourth-order valence-corrected chi connectivity index (χ4v) is 10.8. The van der Waals surface area contributed by atoms with Gasteiger partial charge in [0, 0.05) is 132 Å². The minimum atomic E-state index is -1.27. The van der Waals surface area contributed by atoms with E-state index in [2.05, 4.69) is 39.5 Å². The Labute approximate surface area is 535 Å². The van der Waals surface area contributed by atoms with Crippen molar-refractivity contribution < 1.29 is 72.0 Å². The number of nitrogens with zero attached hydrogens (tertiary/aromatic N) is 5. The van der Waals surface area contributed by atoms with E-state index in [0.29, 0.717) is 146 Å². The Morgan fingerprint density at radius 1 is 0.527 bits per heavy atom. The molecule has 0 spiro atoms. The molecule has 0 saturated heterocycles. The molecule has 0 saturated carbocycles. The minimum absolute atomic E-state index is 0.0249. The van der Waals surface area contributed by atoms with E-state index >= 15 is 0 Å². The highest BCUT2D eigenvalue weighted by Crippen LogP contribution is 2.46. The number of carbonyl (C=O) groups is 3. The Balaban J connectivity index is 0.000000194. The molecule has 91 heavy (non-hydrogen) atoms. The number of carbonyl (C=O) groups excluding carboxylic acids is 1. The molecule has 24 heteroatoms. The Morgan fingerprint density at radius 2 is 0.857 bits per heavy atom. The normalized spacial score (nSPS) is 14.9. The van der Waals surface area contributed by atoms with Crippen LogP contribution < -0.4 is 44.7 Å². The van der Waals surface area contributed by atoms with Gasteiger partial charge in [-0.1, -0.05) is 41.5 Å². The van der Waals surface area contributed by atoms with Gasteiger partial charge in [0.05, 0.1) is 79.3 Å². The number of methoxy groups -OCH3 is 3. The number of hydrogen-bond donors (Lipinski definition) is 2. The summed E-state index contributed by atoms with van der Waals surface area (Å²) in [5, 5.41) is 18.8. The van der Waals surface area contributed by atoms with Gasteiger partial charge in [-0.05, 0) is 58.8 Å². The van der Waals surface area contributed by atoms with Crippen molar-refractivity contribution in [2.24, 2.45) is 17.8 Å². The van der Waals surface area contributed by atoms with Crippen molar-refractivity contribution in [1.29, 1.82) is 0 Å². The highest BCUT2D eigenvalue weighted by Gasteiger charge is 2.32. The summed E-state index contributed by atoms with van der Waals surface area (Å²) in [5.41, 5.74) is 2.06. The molecule has 0 radical (unpaired) electrons. The van der Waals surface area contributed by atoms with Gasteiger partial charge < -0.3 is 71.3 Å². The van der Waals surface area contributed by atoms with Gasteiger partial charge in [-0.2, -0.15) is 0 Å². The van der Waals surface area contributed by atoms with Crippen molar-refractivity contribution in [3.05, 3.63) is 148 Å². The van der Waals surface area contributed by atoms with E-state index in [0.717, 1.165) is 16.5 Å². The molecule has 3 aliphatic rings. The lowest BCUT2D eigenvalue weighted by Crippen LogP contribution is -2.26. The number of carboxylic acid groups (broad SMARTS) is 2. The van der Waals surface area contributed by atoms with E-state index in [9.17, 15) is 39.0 Å². The molecule has 6 aromatic rings. The van der Waals surface area contributed by atoms with Crippen molar-refractivity contribution in [3.8, 4) is 68.3 Å². The summed E-state index contributed by atoms with van der Waals surface area (Å²) in [7, 11) is 4.88. The first kappa shape index (κ1) is 69.5. The van der Waals surface area contributed by atoms with Gasteiger partial charge in [0.25, 0.3) is 0 Å². The van der Waals surface area contributed by atoms with Crippen LogP contribution in [0.25, 0.3) is 43.5 Å². The van der Waals surface area contributed by atoms with Crippen molar-refractivity contribution in [1.82, 2.24) is 13.7 Å². The van der Waals surface area contributed by atoms with Crippen LogP contribution in [0.15, 0.2) is 92.0 Å². The quantitative estimate of drug-likeness (QED) is 0.0364. The zero-order chi connectivity index (χ0) is 66.2. The monoisotopic (exact) mass is 1320 g/mol. The molecule has 0 fully saturated rings. The van der Waals surface area contributed by atoms with Gasteiger partial charge in [0.2, 0.25) is 11.4 Å². The lowest BCUT2D eigenvalue weighted by Gasteiger charge is -2.24. The number of ether oxygens (including phenoxy) is 10. The van der Waals surface area contributed by atoms with E-state index < -0.39 is 28.8 Å². The first-order valence-electron chi connectivity index (χ1n) is 29.7. The number of rotatable bonds is 22. The van der Waals surface area contributed by atoms with Crippen LogP contribution in [0.5, 0.6) is 34.5 Å². The van der Waals surface area contributed by atoms with Crippen LogP contribution in [0.2, 0.25) is 0 Å². The summed E-state index contributed by atoms with van der Waals surface area (Å²) < 4.78 is 62.0. The molecule has 0 amide bonds. The van der Waals surface area contributed by atoms with Crippen LogP contribution in [0.3, 0.4) is 0 Å². The van der Waals surface area contributed by atoms with E-state index in [1.54, 1.807) is 67.8 Å². The first-order chi connectivity index (χ1) is 43.6. The second-order valence-corrected chi connectivity index (χ2v) is 23.3. The van der Waals surface area contributed by atoms with Crippen molar-refractivity contribution >= 4 is 45.2 Å². The number of fused-ring (bicyclic) bond motifs is 9. The summed E-state index contributed by atoms with van der Waals surface area (Å²) in [6.45, 7) is 33.1. The second-order valence-electron chi connectivity index (χ2n) is 22.4. The van der Waals surface area contributed by atoms with Crippen LogP contribution in [0.1, 0.15) is 117 Å². The number of pyridine rings is 3. The molecule has 3 aromatic heterocycles. The highest BCUT2D eigenvalue weighted by molar-refractivity contribution is 9.10. The van der Waals surface area contributed by atoms with E-state index in [1.807, 2.05) is 44.4 Å². The number of aromatic carboxylic acids is 2. The number of hydrogen-bond acceptors (Lipinski definition) is 16. The zero-order valence-electron chi connectivity index (χ0n) is 52.6. The van der Waals surface area contributed by atoms with Crippen molar-refractivity contribution in [2.45, 2.75) is 85.9 Å². The zero-order valence-corrected chi connectivity index (χ0v) is 54.2. The maximum absolute atomic E-state index is 12.8. The predicted molar refractivity (Wildman–Crippen MR) is 343 cm³/mol. The predicted octanol–water partition coefficient (Wildman–Crippen LogP) is 12.0. The molecular formula is C67H76BrN5O18. The molecule has 2 N–H and O–H groups in total. The van der Waals surface area contributed by atoms with Gasteiger partial charge >= 0.3 is 17.9 Å². The van der Waals surface area contributed by atoms with Gasteiger partial charge in [0.15, 0.2) is 16.3 Å². The summed E-state index contributed by atoms with van der Waals surface area (Å²) in [6.07, 6.45) is 6.47. The molecule has 0 bridgehead atoms. The van der Waals surface area contributed by atoms with E-state index in [4.69, 9.17) is 60.5 Å². The maximum atomic E-state index is 12.8. The van der Waals surface area contributed by atoms with Gasteiger partial charge in [-0.3, -0.25) is 14.4 Å². The lowest BCUT2D eigenvalue weighted by atomic mass is 10.0. The van der Waals surface area contributed by atoms with Crippen LogP contribution in [-0.2, 0) is 18.9 Å². The first-order valence-corrected chi connectivity index (χ1v) is 30.5. The van der Waals surface area contributed by atoms with E-state index in [-0.39, 0.29) is 64.6 Å². The number of aromatic nitrogens is 3.